The molecule has 1 aromatic rings. The van der Waals surface area contributed by atoms with Crippen molar-refractivity contribution in [3.8, 4) is 0 Å². The average Bonchev–Trinajstić information content (AvgIpc) is 2.18. The third kappa shape index (κ3) is 2.95. The summed E-state index contributed by atoms with van der Waals surface area (Å²) in [6.07, 6.45) is 1.49. The molecule has 1 aromatic heterocycles. The number of rotatable bonds is 4. The summed E-state index contributed by atoms with van der Waals surface area (Å²) in [4.78, 5) is 25.5. The van der Waals surface area contributed by atoms with Crippen molar-refractivity contribution in [2.75, 3.05) is 0 Å². The predicted molar refractivity (Wildman–Crippen MR) is 55.7 cm³/mol. The van der Waals surface area contributed by atoms with Crippen molar-refractivity contribution in [3.63, 3.8) is 0 Å². The van der Waals surface area contributed by atoms with Gasteiger partial charge in [-0.15, -0.1) is 0 Å². The van der Waals surface area contributed by atoms with Gasteiger partial charge in [-0.05, 0) is 19.1 Å². The number of hydrogen-bond acceptors (Lipinski definition) is 4. The van der Waals surface area contributed by atoms with Crippen LogP contribution in [-0.2, 0) is 4.79 Å². The molecule has 0 bridgehead atoms. The molecule has 0 aliphatic carbocycles. The molecule has 1 heterocycles. The topological polar surface area (TPSA) is 93.3 Å². The first-order valence-electron chi connectivity index (χ1n) is 4.16. The number of primary amides is 1. The minimum absolute atomic E-state index is 0.246. The lowest BCUT2D eigenvalue weighted by Gasteiger charge is -2.07. The zero-order chi connectivity index (χ0) is 11.4. The zero-order valence-electron chi connectivity index (χ0n) is 8.01. The van der Waals surface area contributed by atoms with Crippen LogP contribution in [0.3, 0.4) is 0 Å². The Morgan fingerprint density at radius 1 is 1.60 bits per heavy atom. The molecular formula is C9H10N2O3S. The largest absolute Gasteiger partial charge is 0.480 e. The fourth-order valence-electron chi connectivity index (χ4n) is 0.890. The summed E-state index contributed by atoms with van der Waals surface area (Å²) in [5.74, 6) is -1.57. The SMILES string of the molecule is C[C@H](Sc1ncccc1C(N)=O)C(=O)O. The third-order valence-corrected chi connectivity index (χ3v) is 2.78. The number of hydrogen-bond donors (Lipinski definition) is 2. The number of aliphatic carboxylic acids is 1. The first-order valence-corrected chi connectivity index (χ1v) is 5.04. The number of nitrogens with two attached hydrogens (primary N) is 1. The molecule has 0 fully saturated rings. The van der Waals surface area contributed by atoms with Crippen molar-refractivity contribution in [1.82, 2.24) is 4.98 Å². The highest BCUT2D eigenvalue weighted by Gasteiger charge is 2.17. The van der Waals surface area contributed by atoms with Gasteiger partial charge >= 0.3 is 5.97 Å². The van der Waals surface area contributed by atoms with Gasteiger partial charge in [0.05, 0.1) is 5.56 Å². The van der Waals surface area contributed by atoms with E-state index >= 15 is 0 Å². The molecule has 0 aliphatic heterocycles. The van der Waals surface area contributed by atoms with Crippen molar-refractivity contribution in [1.29, 1.82) is 0 Å². The second-order valence-electron chi connectivity index (χ2n) is 2.82. The fraction of sp³-hybridized carbons (Fsp3) is 0.222. The summed E-state index contributed by atoms with van der Waals surface area (Å²) in [6, 6.07) is 3.10. The molecule has 0 saturated carbocycles. The summed E-state index contributed by atoms with van der Waals surface area (Å²) in [5, 5.41) is 8.39. The van der Waals surface area contributed by atoms with Gasteiger partial charge in [-0.2, -0.15) is 0 Å². The van der Waals surface area contributed by atoms with Crippen molar-refractivity contribution in [2.45, 2.75) is 17.2 Å². The minimum atomic E-state index is -0.957. The summed E-state index contributed by atoms with van der Waals surface area (Å²) in [7, 11) is 0. The van der Waals surface area contributed by atoms with Crippen LogP contribution in [0.4, 0.5) is 0 Å². The van der Waals surface area contributed by atoms with Crippen molar-refractivity contribution in [3.05, 3.63) is 23.9 Å². The van der Waals surface area contributed by atoms with E-state index in [-0.39, 0.29) is 5.56 Å². The van der Waals surface area contributed by atoms with Gasteiger partial charge in [-0.1, -0.05) is 11.8 Å². The Labute approximate surface area is 90.7 Å². The van der Waals surface area contributed by atoms with Gasteiger partial charge in [0.1, 0.15) is 10.3 Å². The third-order valence-electron chi connectivity index (χ3n) is 1.67. The standard InChI is InChI=1S/C9H10N2O3S/c1-5(9(13)14)15-8-6(7(10)12)3-2-4-11-8/h2-5H,1H3,(H2,10,12)(H,13,14)/t5-/m0/s1. The molecule has 3 N–H and O–H groups in total. The van der Waals surface area contributed by atoms with E-state index in [9.17, 15) is 9.59 Å². The summed E-state index contributed by atoms with van der Waals surface area (Å²) < 4.78 is 0. The highest BCUT2D eigenvalue weighted by Crippen LogP contribution is 2.24. The number of carboxylic acid groups (broad SMARTS) is 1. The van der Waals surface area contributed by atoms with E-state index in [0.717, 1.165) is 11.8 Å². The normalized spacial score (nSPS) is 12.1. The van der Waals surface area contributed by atoms with Crippen molar-refractivity contribution in [2.24, 2.45) is 5.73 Å². The Balaban J connectivity index is 2.94. The maximum absolute atomic E-state index is 11.0. The van der Waals surface area contributed by atoms with Gasteiger partial charge in [-0.3, -0.25) is 9.59 Å². The van der Waals surface area contributed by atoms with E-state index < -0.39 is 17.1 Å². The highest BCUT2D eigenvalue weighted by molar-refractivity contribution is 8.00. The molecule has 0 unspecified atom stereocenters. The molecule has 1 rings (SSSR count). The molecule has 1 amide bonds. The molecular weight excluding hydrogens is 216 g/mol. The molecule has 0 spiro atoms. The molecule has 15 heavy (non-hydrogen) atoms. The Bertz CT molecular complexity index is 395. The molecule has 80 valence electrons. The van der Waals surface area contributed by atoms with Crippen molar-refractivity contribution >= 4 is 23.6 Å². The first-order chi connectivity index (χ1) is 7.02. The Hall–Kier alpha value is -1.56. The second kappa shape index (κ2) is 4.79. The lowest BCUT2D eigenvalue weighted by atomic mass is 10.3. The van der Waals surface area contributed by atoms with E-state index in [0.29, 0.717) is 5.03 Å². The smallest absolute Gasteiger partial charge is 0.316 e. The van der Waals surface area contributed by atoms with Crippen LogP contribution in [0.1, 0.15) is 17.3 Å². The molecule has 6 heteroatoms. The fourth-order valence-corrected chi connectivity index (χ4v) is 1.74. The van der Waals surface area contributed by atoms with Crippen molar-refractivity contribution < 1.29 is 14.7 Å². The first kappa shape index (κ1) is 11.5. The Morgan fingerprint density at radius 3 is 2.80 bits per heavy atom. The van der Waals surface area contributed by atoms with Gasteiger partial charge in [0, 0.05) is 6.20 Å². The number of aromatic nitrogens is 1. The average molecular weight is 226 g/mol. The molecule has 5 nitrogen and oxygen atoms in total. The van der Waals surface area contributed by atoms with Crippen LogP contribution in [0.25, 0.3) is 0 Å². The van der Waals surface area contributed by atoms with Gasteiger partial charge in [0.2, 0.25) is 0 Å². The lowest BCUT2D eigenvalue weighted by Crippen LogP contribution is -2.16. The van der Waals surface area contributed by atoms with Gasteiger partial charge in [0.25, 0.3) is 5.91 Å². The molecule has 0 saturated heterocycles. The molecule has 0 aromatic carbocycles. The van der Waals surface area contributed by atoms with Crippen LogP contribution >= 0.6 is 11.8 Å². The van der Waals surface area contributed by atoms with Crippen LogP contribution in [-0.4, -0.2) is 27.2 Å². The van der Waals surface area contributed by atoms with Crippen LogP contribution < -0.4 is 5.73 Å². The maximum Gasteiger partial charge on any atom is 0.316 e. The monoisotopic (exact) mass is 226 g/mol. The summed E-state index contributed by atoms with van der Waals surface area (Å²) in [5.41, 5.74) is 5.37. The van der Waals surface area contributed by atoms with Crippen LogP contribution in [0.2, 0.25) is 0 Å². The summed E-state index contributed by atoms with van der Waals surface area (Å²) >= 11 is 0.995. The lowest BCUT2D eigenvalue weighted by molar-refractivity contribution is -0.136. The van der Waals surface area contributed by atoms with Gasteiger partial charge in [-0.25, -0.2) is 4.98 Å². The Morgan fingerprint density at radius 2 is 2.27 bits per heavy atom. The molecule has 1 atom stereocenters. The number of carbonyl (C=O) groups is 2. The molecule has 0 radical (unpaired) electrons. The maximum atomic E-state index is 11.0. The number of carbonyl (C=O) groups excluding carboxylic acids is 1. The minimum Gasteiger partial charge on any atom is -0.480 e. The van der Waals surface area contributed by atoms with Crippen LogP contribution in [0, 0.1) is 0 Å². The predicted octanol–water partition coefficient (Wildman–Crippen LogP) is 0.746. The Kier molecular flexibility index (Phi) is 3.68. The zero-order valence-corrected chi connectivity index (χ0v) is 8.82. The molecule has 0 aliphatic rings. The van der Waals surface area contributed by atoms with E-state index in [1.54, 1.807) is 6.07 Å². The quantitative estimate of drug-likeness (QED) is 0.739. The van der Waals surface area contributed by atoms with E-state index in [4.69, 9.17) is 10.8 Å². The second-order valence-corrected chi connectivity index (χ2v) is 4.15. The highest BCUT2D eigenvalue weighted by atomic mass is 32.2. The van der Waals surface area contributed by atoms with Gasteiger partial charge < -0.3 is 10.8 Å². The van der Waals surface area contributed by atoms with Gasteiger partial charge in [0.15, 0.2) is 0 Å². The van der Waals surface area contributed by atoms with E-state index in [1.807, 2.05) is 0 Å². The van der Waals surface area contributed by atoms with E-state index in [2.05, 4.69) is 4.98 Å². The number of amides is 1. The summed E-state index contributed by atoms with van der Waals surface area (Å²) in [6.45, 7) is 1.52. The van der Waals surface area contributed by atoms with Crippen LogP contribution in [0.15, 0.2) is 23.4 Å². The number of thioether (sulfide) groups is 1. The van der Waals surface area contributed by atoms with Crippen LogP contribution in [0.5, 0.6) is 0 Å². The van der Waals surface area contributed by atoms with E-state index in [1.165, 1.54) is 19.2 Å². The number of nitrogens with zero attached hydrogens (tertiary/aromatic N) is 1. The number of pyridine rings is 1. The number of carboxylic acids is 1.